The van der Waals surface area contributed by atoms with Crippen molar-refractivity contribution in [2.24, 2.45) is 12.9 Å². The summed E-state index contributed by atoms with van der Waals surface area (Å²) < 4.78 is 2.65. The lowest BCUT2D eigenvalue weighted by Gasteiger charge is -2.18. The van der Waals surface area contributed by atoms with Crippen LogP contribution in [0.4, 0.5) is 0 Å². The number of aromatic nitrogens is 2. The van der Waals surface area contributed by atoms with Gasteiger partial charge in [0.15, 0.2) is 0 Å². The second-order valence-electron chi connectivity index (χ2n) is 4.12. The van der Waals surface area contributed by atoms with Gasteiger partial charge in [-0.25, -0.2) is 0 Å². The van der Waals surface area contributed by atoms with Crippen LogP contribution in [0.5, 0.6) is 0 Å². The fourth-order valence-electron chi connectivity index (χ4n) is 1.98. The highest BCUT2D eigenvalue weighted by molar-refractivity contribution is 9.10. The molecule has 7 heteroatoms. The number of benzene rings is 1. The molecule has 0 radical (unpaired) electrons. The van der Waals surface area contributed by atoms with E-state index in [2.05, 4.69) is 26.5 Å². The summed E-state index contributed by atoms with van der Waals surface area (Å²) in [5.74, 6) is 5.65. The molecule has 102 valence electrons. The molecule has 0 spiro atoms. The highest BCUT2D eigenvalue weighted by Crippen LogP contribution is 2.31. The van der Waals surface area contributed by atoms with Crippen LogP contribution in [0.15, 0.2) is 28.9 Å². The monoisotopic (exact) mass is 362 g/mol. The largest absolute Gasteiger partial charge is 0.271 e. The van der Waals surface area contributed by atoms with Gasteiger partial charge >= 0.3 is 0 Å². The molecular formula is C12H13BrCl2N4. The molecule has 1 unspecified atom stereocenters. The Balaban J connectivity index is 2.35. The number of nitrogens with one attached hydrogen (secondary N) is 1. The number of hydrogen-bond acceptors (Lipinski definition) is 3. The van der Waals surface area contributed by atoms with Crippen molar-refractivity contribution in [3.8, 4) is 0 Å². The molecule has 2 aromatic rings. The number of rotatable bonds is 4. The van der Waals surface area contributed by atoms with Gasteiger partial charge in [0.05, 0.1) is 22.4 Å². The zero-order valence-electron chi connectivity index (χ0n) is 10.2. The van der Waals surface area contributed by atoms with Gasteiger partial charge in [0, 0.05) is 17.1 Å². The molecule has 19 heavy (non-hydrogen) atoms. The number of hydrogen-bond donors (Lipinski definition) is 2. The number of aryl methyl sites for hydroxylation is 1. The minimum Gasteiger partial charge on any atom is -0.271 e. The minimum absolute atomic E-state index is 0.140. The van der Waals surface area contributed by atoms with Gasteiger partial charge < -0.3 is 0 Å². The molecule has 2 rings (SSSR count). The molecular weight excluding hydrogens is 351 g/mol. The van der Waals surface area contributed by atoms with Crippen molar-refractivity contribution in [2.45, 2.75) is 12.5 Å². The Morgan fingerprint density at radius 2 is 2.05 bits per heavy atom. The summed E-state index contributed by atoms with van der Waals surface area (Å²) in [5.41, 5.74) is 4.59. The summed E-state index contributed by atoms with van der Waals surface area (Å²) in [6.07, 6.45) is 2.31. The normalized spacial score (nSPS) is 12.7. The molecule has 0 aliphatic carbocycles. The number of nitrogens with zero attached hydrogens (tertiary/aromatic N) is 2. The van der Waals surface area contributed by atoms with E-state index >= 15 is 0 Å². The predicted molar refractivity (Wildman–Crippen MR) is 81.1 cm³/mol. The third-order valence-electron chi connectivity index (χ3n) is 2.94. The molecule has 0 aliphatic rings. The molecule has 0 bridgehead atoms. The van der Waals surface area contributed by atoms with E-state index < -0.39 is 0 Å². The summed E-state index contributed by atoms with van der Waals surface area (Å²) in [4.78, 5) is 0. The minimum atomic E-state index is -0.140. The lowest BCUT2D eigenvalue weighted by Crippen LogP contribution is -2.31. The van der Waals surface area contributed by atoms with E-state index in [0.29, 0.717) is 16.5 Å². The van der Waals surface area contributed by atoms with Gasteiger partial charge in [-0.05, 0) is 40.0 Å². The van der Waals surface area contributed by atoms with Gasteiger partial charge in [-0.2, -0.15) is 5.10 Å². The van der Waals surface area contributed by atoms with Crippen molar-refractivity contribution in [3.05, 3.63) is 50.2 Å². The zero-order chi connectivity index (χ0) is 14.0. The zero-order valence-corrected chi connectivity index (χ0v) is 13.3. The Bertz CT molecular complexity index is 545. The summed E-state index contributed by atoms with van der Waals surface area (Å²) in [6, 6.07) is 5.31. The highest BCUT2D eigenvalue weighted by Gasteiger charge is 2.20. The fourth-order valence-corrected chi connectivity index (χ4v) is 3.15. The first-order chi connectivity index (χ1) is 9.04. The number of nitrogens with two attached hydrogens (primary N) is 1. The Morgan fingerprint density at radius 3 is 2.53 bits per heavy atom. The SMILES string of the molecule is Cn1ncc(Br)c1C(Cc1c(Cl)cccc1Cl)NN. The second-order valence-corrected chi connectivity index (χ2v) is 5.79. The van der Waals surface area contributed by atoms with E-state index in [1.54, 1.807) is 10.9 Å². The van der Waals surface area contributed by atoms with Crippen molar-refractivity contribution in [1.82, 2.24) is 15.2 Å². The van der Waals surface area contributed by atoms with Crippen molar-refractivity contribution < 1.29 is 0 Å². The average molecular weight is 364 g/mol. The standard InChI is InChI=1S/C12H13BrCl2N4/c1-19-12(8(13)6-17-19)11(18-16)5-7-9(14)3-2-4-10(7)15/h2-4,6,11,18H,5,16H2,1H3. The summed E-state index contributed by atoms with van der Waals surface area (Å²) >= 11 is 15.8. The van der Waals surface area contributed by atoms with Crippen LogP contribution in [0, 0.1) is 0 Å². The molecule has 0 saturated heterocycles. The Hall–Kier alpha value is -0.590. The third kappa shape index (κ3) is 3.12. The quantitative estimate of drug-likeness (QED) is 0.647. The molecule has 1 aromatic carbocycles. The van der Waals surface area contributed by atoms with Crippen molar-refractivity contribution in [2.75, 3.05) is 0 Å². The van der Waals surface area contributed by atoms with Gasteiger partial charge in [0.2, 0.25) is 0 Å². The summed E-state index contributed by atoms with van der Waals surface area (Å²) in [6.45, 7) is 0. The smallest absolute Gasteiger partial charge is 0.0709 e. The van der Waals surface area contributed by atoms with Gasteiger partial charge in [-0.1, -0.05) is 29.3 Å². The van der Waals surface area contributed by atoms with E-state index in [9.17, 15) is 0 Å². The lowest BCUT2D eigenvalue weighted by molar-refractivity contribution is 0.507. The first-order valence-corrected chi connectivity index (χ1v) is 7.16. The third-order valence-corrected chi connectivity index (χ3v) is 4.26. The maximum Gasteiger partial charge on any atom is 0.0709 e. The van der Waals surface area contributed by atoms with Crippen LogP contribution in [-0.4, -0.2) is 9.78 Å². The van der Waals surface area contributed by atoms with Gasteiger partial charge in [-0.3, -0.25) is 16.0 Å². The fraction of sp³-hybridized carbons (Fsp3) is 0.250. The predicted octanol–water partition coefficient (Wildman–Crippen LogP) is 3.24. The summed E-state index contributed by atoms with van der Waals surface area (Å²) in [7, 11) is 1.86. The molecule has 1 heterocycles. The molecule has 0 saturated carbocycles. The topological polar surface area (TPSA) is 55.9 Å². The van der Waals surface area contributed by atoms with Crippen LogP contribution in [-0.2, 0) is 13.5 Å². The molecule has 1 atom stereocenters. The van der Waals surface area contributed by atoms with E-state index in [0.717, 1.165) is 15.7 Å². The first kappa shape index (κ1) is 14.8. The van der Waals surface area contributed by atoms with Crippen LogP contribution in [0.3, 0.4) is 0 Å². The van der Waals surface area contributed by atoms with Crippen LogP contribution in [0.1, 0.15) is 17.3 Å². The maximum absolute atomic E-state index is 6.18. The van der Waals surface area contributed by atoms with E-state index in [1.165, 1.54) is 0 Å². The van der Waals surface area contributed by atoms with Gasteiger partial charge in [0.25, 0.3) is 0 Å². The van der Waals surface area contributed by atoms with Crippen molar-refractivity contribution in [3.63, 3.8) is 0 Å². The van der Waals surface area contributed by atoms with Gasteiger partial charge in [0.1, 0.15) is 0 Å². The van der Waals surface area contributed by atoms with E-state index in [4.69, 9.17) is 29.0 Å². The van der Waals surface area contributed by atoms with E-state index in [-0.39, 0.29) is 6.04 Å². The van der Waals surface area contributed by atoms with Crippen LogP contribution in [0.2, 0.25) is 10.0 Å². The molecule has 0 amide bonds. The van der Waals surface area contributed by atoms with E-state index in [1.807, 2.05) is 25.2 Å². The van der Waals surface area contributed by atoms with Crippen molar-refractivity contribution >= 4 is 39.1 Å². The first-order valence-electron chi connectivity index (χ1n) is 5.61. The Labute approximate surface area is 130 Å². The maximum atomic E-state index is 6.18. The molecule has 0 fully saturated rings. The molecule has 3 N–H and O–H groups in total. The molecule has 0 aliphatic heterocycles. The molecule has 4 nitrogen and oxygen atoms in total. The second kappa shape index (κ2) is 6.24. The average Bonchev–Trinajstić information content (AvgIpc) is 2.70. The summed E-state index contributed by atoms with van der Waals surface area (Å²) in [5, 5.41) is 5.44. The van der Waals surface area contributed by atoms with Gasteiger partial charge in [-0.15, -0.1) is 0 Å². The highest BCUT2D eigenvalue weighted by atomic mass is 79.9. The Kier molecular flexibility index (Phi) is 4.86. The Morgan fingerprint density at radius 1 is 1.42 bits per heavy atom. The van der Waals surface area contributed by atoms with Crippen LogP contribution in [0.25, 0.3) is 0 Å². The van der Waals surface area contributed by atoms with Crippen molar-refractivity contribution in [1.29, 1.82) is 0 Å². The lowest BCUT2D eigenvalue weighted by atomic mass is 10.0. The molecule has 1 aromatic heterocycles. The number of halogens is 3. The van der Waals surface area contributed by atoms with Crippen LogP contribution < -0.4 is 11.3 Å². The number of hydrazine groups is 1. The van der Waals surface area contributed by atoms with Crippen LogP contribution >= 0.6 is 39.1 Å².